The zero-order valence-electron chi connectivity index (χ0n) is 19.6. The summed E-state index contributed by atoms with van der Waals surface area (Å²) in [4.78, 5) is 30.6. The van der Waals surface area contributed by atoms with Crippen LogP contribution in [0.5, 0.6) is 0 Å². The maximum absolute atomic E-state index is 13.4. The van der Waals surface area contributed by atoms with Crippen LogP contribution in [0.25, 0.3) is 11.0 Å². The first-order chi connectivity index (χ1) is 16.3. The van der Waals surface area contributed by atoms with E-state index in [-0.39, 0.29) is 11.8 Å². The predicted octanol–water partition coefficient (Wildman–Crippen LogP) is 4.19. The van der Waals surface area contributed by atoms with E-state index in [1.54, 1.807) is 6.07 Å². The molecule has 3 aromatic rings. The maximum atomic E-state index is 13.4. The van der Waals surface area contributed by atoms with E-state index in [1.807, 2.05) is 60.0 Å². The molecule has 0 aliphatic carbocycles. The number of nitrogens with one attached hydrogen (secondary N) is 1. The van der Waals surface area contributed by atoms with Gasteiger partial charge in [-0.3, -0.25) is 14.7 Å². The van der Waals surface area contributed by atoms with Gasteiger partial charge < -0.3 is 9.80 Å². The standard InChI is InChI=1S/C26H30ClN5O2/c1-26(2,14-17-4-3-5-21(27)12-17)25(34)31-10-8-19-15-32(16-20(19)9-11-31)24(33)18-6-7-22-23(13-18)29-30-28-22/h3-7,12-13,19-20H,8-11,14-16H2,1-2H3,(H,28,29,30)/t19-,20+. The largest absolute Gasteiger partial charge is 0.342 e. The molecule has 2 amide bonds. The lowest BCUT2D eigenvalue weighted by atomic mass is 9.84. The number of nitrogens with zero attached hydrogens (tertiary/aromatic N) is 4. The highest BCUT2D eigenvalue weighted by atomic mass is 35.5. The first kappa shape index (κ1) is 22.8. The van der Waals surface area contributed by atoms with Crippen LogP contribution >= 0.6 is 11.6 Å². The molecule has 2 aromatic carbocycles. The van der Waals surface area contributed by atoms with E-state index in [0.29, 0.717) is 34.4 Å². The van der Waals surface area contributed by atoms with Gasteiger partial charge in [-0.05, 0) is 67.0 Å². The highest BCUT2D eigenvalue weighted by Crippen LogP contribution is 2.34. The van der Waals surface area contributed by atoms with Gasteiger partial charge in [-0.1, -0.05) is 42.8 Å². The predicted molar refractivity (Wildman–Crippen MR) is 132 cm³/mol. The molecule has 2 fully saturated rings. The summed E-state index contributed by atoms with van der Waals surface area (Å²) < 4.78 is 0. The second kappa shape index (κ2) is 9.02. The van der Waals surface area contributed by atoms with Gasteiger partial charge in [0.2, 0.25) is 5.91 Å². The molecular weight excluding hydrogens is 450 g/mol. The SMILES string of the molecule is CC(C)(Cc1cccc(Cl)c1)C(=O)N1CC[C@@H]2CN(C(=O)c3ccc4[nH]nnc4c3)C[C@@H]2CC1. The van der Waals surface area contributed by atoms with Crippen LogP contribution in [-0.4, -0.2) is 63.2 Å². The van der Waals surface area contributed by atoms with Gasteiger partial charge in [0, 0.05) is 42.2 Å². The molecule has 1 aromatic heterocycles. The molecular formula is C26H30ClN5O2. The summed E-state index contributed by atoms with van der Waals surface area (Å²) in [6.07, 6.45) is 2.51. The molecule has 0 radical (unpaired) electrons. The van der Waals surface area contributed by atoms with E-state index in [4.69, 9.17) is 11.6 Å². The number of hydrogen-bond donors (Lipinski definition) is 1. The Morgan fingerprint density at radius 1 is 1.06 bits per heavy atom. The molecule has 8 heteroatoms. The number of amides is 2. The van der Waals surface area contributed by atoms with Gasteiger partial charge in [0.05, 0.1) is 5.52 Å². The van der Waals surface area contributed by atoms with Crippen molar-refractivity contribution in [3.63, 3.8) is 0 Å². The lowest BCUT2D eigenvalue weighted by Crippen LogP contribution is -2.43. The molecule has 0 unspecified atom stereocenters. The van der Waals surface area contributed by atoms with E-state index in [9.17, 15) is 9.59 Å². The minimum absolute atomic E-state index is 0.0496. The Labute approximate surface area is 204 Å². The van der Waals surface area contributed by atoms with Crippen molar-refractivity contribution < 1.29 is 9.59 Å². The minimum Gasteiger partial charge on any atom is -0.342 e. The fraction of sp³-hybridized carbons (Fsp3) is 0.462. The van der Waals surface area contributed by atoms with Crippen molar-refractivity contribution >= 4 is 34.4 Å². The van der Waals surface area contributed by atoms with E-state index < -0.39 is 5.41 Å². The lowest BCUT2D eigenvalue weighted by molar-refractivity contribution is -0.140. The number of fused-ring (bicyclic) bond motifs is 2. The normalized spacial score (nSPS) is 20.9. The van der Waals surface area contributed by atoms with E-state index >= 15 is 0 Å². The molecule has 2 aliphatic heterocycles. The van der Waals surface area contributed by atoms with Crippen molar-refractivity contribution in [1.82, 2.24) is 25.2 Å². The number of aromatic nitrogens is 3. The van der Waals surface area contributed by atoms with Crippen LogP contribution < -0.4 is 0 Å². The van der Waals surface area contributed by atoms with Crippen molar-refractivity contribution in [2.45, 2.75) is 33.1 Å². The summed E-state index contributed by atoms with van der Waals surface area (Å²) >= 11 is 6.14. The Hall–Kier alpha value is -2.93. The Morgan fingerprint density at radius 3 is 2.50 bits per heavy atom. The van der Waals surface area contributed by atoms with Gasteiger partial charge in [0.25, 0.3) is 5.91 Å². The zero-order valence-corrected chi connectivity index (χ0v) is 20.4. The topological polar surface area (TPSA) is 82.2 Å². The Balaban J connectivity index is 1.20. The number of carbonyl (C=O) groups excluding carboxylic acids is 2. The van der Waals surface area contributed by atoms with Crippen LogP contribution in [-0.2, 0) is 11.2 Å². The molecule has 0 spiro atoms. The van der Waals surface area contributed by atoms with Gasteiger partial charge in [-0.25, -0.2) is 0 Å². The molecule has 2 saturated heterocycles. The number of carbonyl (C=O) groups is 2. The molecule has 2 aliphatic rings. The van der Waals surface area contributed by atoms with Crippen LogP contribution in [0.4, 0.5) is 0 Å². The smallest absolute Gasteiger partial charge is 0.253 e. The van der Waals surface area contributed by atoms with E-state index in [0.717, 1.165) is 50.1 Å². The Bertz CT molecular complexity index is 1210. The third-order valence-corrected chi connectivity index (χ3v) is 7.61. The number of aromatic amines is 1. The Morgan fingerprint density at radius 2 is 1.79 bits per heavy atom. The average Bonchev–Trinajstić information content (AvgIpc) is 3.40. The van der Waals surface area contributed by atoms with E-state index in [2.05, 4.69) is 15.4 Å². The van der Waals surface area contributed by atoms with Crippen molar-refractivity contribution in [3.8, 4) is 0 Å². The Kier molecular flexibility index (Phi) is 6.06. The fourth-order valence-corrected chi connectivity index (χ4v) is 5.75. The second-order valence-corrected chi connectivity index (χ2v) is 10.8. The van der Waals surface area contributed by atoms with E-state index in [1.165, 1.54) is 0 Å². The van der Waals surface area contributed by atoms with Crippen molar-refractivity contribution in [1.29, 1.82) is 0 Å². The summed E-state index contributed by atoms with van der Waals surface area (Å²) in [5.41, 5.74) is 2.76. The minimum atomic E-state index is -0.494. The molecule has 3 heterocycles. The number of H-pyrrole nitrogens is 1. The van der Waals surface area contributed by atoms with Gasteiger partial charge >= 0.3 is 0 Å². The molecule has 0 saturated carbocycles. The van der Waals surface area contributed by atoms with Gasteiger partial charge in [-0.15, -0.1) is 5.10 Å². The first-order valence-electron chi connectivity index (χ1n) is 11.9. The van der Waals surface area contributed by atoms with Crippen molar-refractivity contribution in [3.05, 3.63) is 58.6 Å². The third-order valence-electron chi connectivity index (χ3n) is 7.38. The molecule has 5 rings (SSSR count). The van der Waals surface area contributed by atoms with Gasteiger partial charge in [0.1, 0.15) is 5.52 Å². The lowest BCUT2D eigenvalue weighted by Gasteiger charge is -2.32. The average molecular weight is 480 g/mol. The van der Waals surface area contributed by atoms with Crippen LogP contribution in [0.2, 0.25) is 5.02 Å². The van der Waals surface area contributed by atoms with Gasteiger partial charge in [-0.2, -0.15) is 0 Å². The molecule has 7 nitrogen and oxygen atoms in total. The summed E-state index contributed by atoms with van der Waals surface area (Å²) in [6.45, 7) is 7.02. The molecule has 2 atom stereocenters. The summed E-state index contributed by atoms with van der Waals surface area (Å²) in [7, 11) is 0. The fourth-order valence-electron chi connectivity index (χ4n) is 5.53. The van der Waals surface area contributed by atoms with Crippen LogP contribution in [0.3, 0.4) is 0 Å². The number of likely N-dealkylation sites (tertiary alicyclic amines) is 2. The van der Waals surface area contributed by atoms with Crippen molar-refractivity contribution in [2.75, 3.05) is 26.2 Å². The highest BCUT2D eigenvalue weighted by molar-refractivity contribution is 6.30. The highest BCUT2D eigenvalue weighted by Gasteiger charge is 2.40. The second-order valence-electron chi connectivity index (χ2n) is 10.3. The third kappa shape index (κ3) is 4.53. The van der Waals surface area contributed by atoms with Crippen molar-refractivity contribution in [2.24, 2.45) is 17.3 Å². The van der Waals surface area contributed by atoms with Crippen LogP contribution in [0.1, 0.15) is 42.6 Å². The maximum Gasteiger partial charge on any atom is 0.253 e. The number of halogens is 1. The van der Waals surface area contributed by atoms with Crippen LogP contribution in [0.15, 0.2) is 42.5 Å². The molecule has 178 valence electrons. The summed E-state index contributed by atoms with van der Waals surface area (Å²) in [5.74, 6) is 1.09. The summed E-state index contributed by atoms with van der Waals surface area (Å²) in [6, 6.07) is 13.2. The van der Waals surface area contributed by atoms with Crippen LogP contribution in [0, 0.1) is 17.3 Å². The molecule has 34 heavy (non-hydrogen) atoms. The molecule has 1 N–H and O–H groups in total. The quantitative estimate of drug-likeness (QED) is 0.608. The number of rotatable bonds is 4. The summed E-state index contributed by atoms with van der Waals surface area (Å²) in [5, 5.41) is 11.3. The zero-order chi connectivity index (χ0) is 23.9. The first-order valence-corrected chi connectivity index (χ1v) is 12.3. The number of hydrogen-bond acceptors (Lipinski definition) is 4. The molecule has 0 bridgehead atoms. The number of benzene rings is 2. The van der Waals surface area contributed by atoms with Gasteiger partial charge in [0.15, 0.2) is 0 Å². The monoisotopic (exact) mass is 479 g/mol.